The van der Waals surface area contributed by atoms with Crippen molar-refractivity contribution in [2.24, 2.45) is 11.5 Å². The number of hydrogen-bond acceptors (Lipinski definition) is 6. The average molecular weight is 374 g/mol. The van der Waals surface area contributed by atoms with E-state index in [-0.39, 0.29) is 11.1 Å². The second-order valence-electron chi connectivity index (χ2n) is 5.83. The van der Waals surface area contributed by atoms with Gasteiger partial charge in [0.05, 0.1) is 10.6 Å². The fraction of sp³-hybridized carbons (Fsp3) is 0.286. The van der Waals surface area contributed by atoms with E-state index in [0.29, 0.717) is 11.1 Å². The summed E-state index contributed by atoms with van der Waals surface area (Å²) in [5, 5.41) is 0. The van der Waals surface area contributed by atoms with E-state index in [1.54, 1.807) is 13.8 Å². The van der Waals surface area contributed by atoms with Gasteiger partial charge in [0.25, 0.3) is 20.2 Å². The van der Waals surface area contributed by atoms with Gasteiger partial charge in [-0.2, -0.15) is 16.8 Å². The molecule has 0 aromatic heterocycles. The standard InChI is InChI=1S/C14H18N2O6S2/c1-8-3-4-12(23(17,18)19)10(5-8)11-6-9(2)14(15,16)7-13(11)24(20,21)22/h3-6H,7,15-16H2,1-2H3,(H,17,18,19)(H,20,21,22). The summed E-state index contributed by atoms with van der Waals surface area (Å²) in [6.45, 7) is 3.23. The maximum atomic E-state index is 11.8. The first-order chi connectivity index (χ1) is 10.7. The van der Waals surface area contributed by atoms with Crippen molar-refractivity contribution in [1.82, 2.24) is 0 Å². The number of hydrogen-bond donors (Lipinski definition) is 4. The van der Waals surface area contributed by atoms with E-state index in [4.69, 9.17) is 11.5 Å². The molecule has 0 fully saturated rings. The van der Waals surface area contributed by atoms with Crippen molar-refractivity contribution in [3.05, 3.63) is 45.9 Å². The van der Waals surface area contributed by atoms with Crippen LogP contribution in [-0.2, 0) is 20.2 Å². The molecule has 0 heterocycles. The Kier molecular flexibility index (Phi) is 4.50. The van der Waals surface area contributed by atoms with Crippen LogP contribution >= 0.6 is 0 Å². The summed E-state index contributed by atoms with van der Waals surface area (Å²) >= 11 is 0. The molecule has 10 heteroatoms. The molecule has 0 unspecified atom stereocenters. The number of nitrogens with two attached hydrogens (primary N) is 2. The van der Waals surface area contributed by atoms with Crippen LogP contribution in [0.4, 0.5) is 0 Å². The minimum Gasteiger partial charge on any atom is -0.310 e. The summed E-state index contributed by atoms with van der Waals surface area (Å²) in [5.74, 6) is 0. The van der Waals surface area contributed by atoms with E-state index < -0.39 is 42.1 Å². The summed E-state index contributed by atoms with van der Waals surface area (Å²) in [5.41, 5.74) is 11.1. The fourth-order valence-corrected chi connectivity index (χ4v) is 4.02. The molecule has 0 saturated carbocycles. The lowest BCUT2D eigenvalue weighted by Crippen LogP contribution is -2.52. The van der Waals surface area contributed by atoms with Crippen LogP contribution < -0.4 is 11.5 Å². The normalized spacial score (nSPS) is 18.5. The number of allylic oxidation sites excluding steroid dienone is 2. The minimum absolute atomic E-state index is 0.0556. The summed E-state index contributed by atoms with van der Waals surface area (Å²) < 4.78 is 65.7. The Bertz CT molecular complexity index is 973. The monoisotopic (exact) mass is 374 g/mol. The van der Waals surface area contributed by atoms with Gasteiger partial charge >= 0.3 is 0 Å². The lowest BCUT2D eigenvalue weighted by atomic mass is 9.87. The zero-order chi connectivity index (χ0) is 18.5. The van der Waals surface area contributed by atoms with Crippen LogP contribution in [-0.4, -0.2) is 31.6 Å². The van der Waals surface area contributed by atoms with Crippen molar-refractivity contribution in [3.8, 4) is 0 Å². The van der Waals surface area contributed by atoms with Gasteiger partial charge in [0.1, 0.15) is 4.90 Å². The third kappa shape index (κ3) is 3.58. The van der Waals surface area contributed by atoms with Gasteiger partial charge in [-0.1, -0.05) is 23.8 Å². The highest BCUT2D eigenvalue weighted by molar-refractivity contribution is 7.90. The Morgan fingerprint density at radius 1 is 1.04 bits per heavy atom. The van der Waals surface area contributed by atoms with E-state index in [1.807, 2.05) is 0 Å². The number of rotatable bonds is 3. The summed E-state index contributed by atoms with van der Waals surface area (Å²) in [6.07, 6.45) is 0.887. The van der Waals surface area contributed by atoms with Gasteiger partial charge in [0.15, 0.2) is 0 Å². The zero-order valence-electron chi connectivity index (χ0n) is 13.0. The van der Waals surface area contributed by atoms with Gasteiger partial charge in [-0.25, -0.2) is 0 Å². The SMILES string of the molecule is CC1=CC(c2cc(C)ccc2S(=O)(=O)O)=C(S(=O)(=O)O)CC1(N)N. The highest BCUT2D eigenvalue weighted by atomic mass is 32.2. The maximum Gasteiger partial charge on any atom is 0.295 e. The smallest absolute Gasteiger partial charge is 0.295 e. The Hall–Kier alpha value is -1.56. The molecule has 8 nitrogen and oxygen atoms in total. The molecule has 24 heavy (non-hydrogen) atoms. The molecular weight excluding hydrogens is 356 g/mol. The van der Waals surface area contributed by atoms with Crippen molar-refractivity contribution in [3.63, 3.8) is 0 Å². The average Bonchev–Trinajstić information content (AvgIpc) is 2.38. The predicted molar refractivity (Wildman–Crippen MR) is 88.9 cm³/mol. The lowest BCUT2D eigenvalue weighted by molar-refractivity contribution is 0.471. The van der Waals surface area contributed by atoms with Gasteiger partial charge in [-0.15, -0.1) is 0 Å². The summed E-state index contributed by atoms with van der Waals surface area (Å²) in [6, 6.07) is 4.01. The third-order valence-corrected chi connectivity index (χ3v) is 5.76. The van der Waals surface area contributed by atoms with Gasteiger partial charge < -0.3 is 11.5 Å². The minimum atomic E-state index is -4.69. The largest absolute Gasteiger partial charge is 0.310 e. The van der Waals surface area contributed by atoms with Crippen molar-refractivity contribution in [1.29, 1.82) is 0 Å². The first-order valence-corrected chi connectivity index (χ1v) is 9.67. The Morgan fingerprint density at radius 2 is 1.62 bits per heavy atom. The highest BCUT2D eigenvalue weighted by Crippen LogP contribution is 2.38. The van der Waals surface area contributed by atoms with Crippen LogP contribution in [0.15, 0.2) is 39.6 Å². The maximum absolute atomic E-state index is 11.8. The van der Waals surface area contributed by atoms with E-state index in [0.717, 1.165) is 6.07 Å². The topological polar surface area (TPSA) is 161 Å². The molecule has 6 N–H and O–H groups in total. The van der Waals surface area contributed by atoms with Gasteiger partial charge in [0.2, 0.25) is 0 Å². The van der Waals surface area contributed by atoms with Crippen molar-refractivity contribution >= 4 is 25.8 Å². The van der Waals surface area contributed by atoms with Crippen LogP contribution in [0.5, 0.6) is 0 Å². The molecule has 0 saturated heterocycles. The zero-order valence-corrected chi connectivity index (χ0v) is 14.6. The van der Waals surface area contributed by atoms with E-state index in [9.17, 15) is 25.9 Å². The van der Waals surface area contributed by atoms with Crippen LogP contribution in [0.2, 0.25) is 0 Å². The molecular formula is C14H18N2O6S2. The van der Waals surface area contributed by atoms with Crippen LogP contribution in [0, 0.1) is 6.92 Å². The van der Waals surface area contributed by atoms with Crippen molar-refractivity contribution in [2.75, 3.05) is 0 Å². The number of aryl methyl sites for hydroxylation is 1. The Labute approximate surface area is 140 Å². The van der Waals surface area contributed by atoms with Gasteiger partial charge in [0, 0.05) is 17.6 Å². The molecule has 0 spiro atoms. The van der Waals surface area contributed by atoms with Crippen LogP contribution in [0.25, 0.3) is 5.57 Å². The molecule has 132 valence electrons. The van der Waals surface area contributed by atoms with E-state index >= 15 is 0 Å². The highest BCUT2D eigenvalue weighted by Gasteiger charge is 2.35. The molecule has 0 bridgehead atoms. The van der Waals surface area contributed by atoms with Gasteiger partial charge in [-0.05, 0) is 25.5 Å². The molecule has 1 aromatic rings. The number of benzene rings is 1. The first-order valence-electron chi connectivity index (χ1n) is 6.79. The summed E-state index contributed by atoms with van der Waals surface area (Å²) in [7, 11) is -9.31. The van der Waals surface area contributed by atoms with E-state index in [2.05, 4.69) is 0 Å². The molecule has 1 aromatic carbocycles. The third-order valence-electron chi connectivity index (χ3n) is 3.86. The summed E-state index contributed by atoms with van der Waals surface area (Å²) in [4.78, 5) is -0.983. The first kappa shape index (κ1) is 18.8. The Morgan fingerprint density at radius 3 is 2.12 bits per heavy atom. The second kappa shape index (κ2) is 5.76. The van der Waals surface area contributed by atoms with Crippen LogP contribution in [0.1, 0.15) is 24.5 Å². The molecule has 0 amide bonds. The molecule has 0 radical (unpaired) electrons. The second-order valence-corrected chi connectivity index (χ2v) is 8.66. The van der Waals surface area contributed by atoms with Crippen molar-refractivity contribution in [2.45, 2.75) is 30.8 Å². The Balaban J connectivity index is 2.93. The van der Waals surface area contributed by atoms with E-state index in [1.165, 1.54) is 18.2 Å². The quantitative estimate of drug-likeness (QED) is 0.446. The predicted octanol–water partition coefficient (Wildman–Crippen LogP) is 0.804. The van der Waals surface area contributed by atoms with Gasteiger partial charge in [-0.3, -0.25) is 9.11 Å². The molecule has 0 atom stereocenters. The lowest BCUT2D eigenvalue weighted by Gasteiger charge is -2.31. The van der Waals surface area contributed by atoms with Crippen LogP contribution in [0.3, 0.4) is 0 Å². The molecule has 1 aliphatic rings. The molecule has 2 rings (SSSR count). The fourth-order valence-electron chi connectivity index (χ4n) is 2.47. The molecule has 0 aliphatic heterocycles. The molecule has 1 aliphatic carbocycles. The van der Waals surface area contributed by atoms with Crippen molar-refractivity contribution < 1.29 is 25.9 Å².